The molecule has 0 unspecified atom stereocenters. The van der Waals surface area contributed by atoms with Crippen LogP contribution >= 0.6 is 0 Å². The predicted octanol–water partition coefficient (Wildman–Crippen LogP) is 8.43. The number of fused-ring (bicyclic) bond motifs is 6. The molecular weight excluding hydrogens is 669 g/mol. The van der Waals surface area contributed by atoms with Gasteiger partial charge in [0.1, 0.15) is 40.9 Å². The van der Waals surface area contributed by atoms with Gasteiger partial charge in [-0.05, 0) is 90.2 Å². The van der Waals surface area contributed by atoms with E-state index in [-0.39, 0.29) is 27.4 Å². The number of imidazole rings is 1. The summed E-state index contributed by atoms with van der Waals surface area (Å²) in [5, 5.41) is 25.8. The highest BCUT2D eigenvalue weighted by Crippen LogP contribution is 2.51. The van der Waals surface area contributed by atoms with E-state index in [0.717, 1.165) is 43.9 Å². The zero-order valence-corrected chi connectivity index (χ0v) is 30.3. The standard InChI is InChI=1S/C48H31B3N2O2/c1-48(2)34-19-9-7-13-27(34)28-24-23-26(25-35(28)48)39-29-14-3-5-16-31(29)40(32-17-6-4-15-30(32)39)33-18-8-11-21-37(33)53-38-22-12-10-20-36(38)52-47(53)41-42(49)44(51)46(55)45(54)43(41)50/h3-25,54-55H,1-2H3. The van der Waals surface area contributed by atoms with Crippen LogP contribution in [-0.4, -0.2) is 43.3 Å². The Morgan fingerprint density at radius 1 is 0.509 bits per heavy atom. The average molecular weight is 700 g/mol. The predicted molar refractivity (Wildman–Crippen MR) is 229 cm³/mol. The van der Waals surface area contributed by atoms with Gasteiger partial charge in [0.05, 0.1) is 16.7 Å². The summed E-state index contributed by atoms with van der Waals surface area (Å²) in [4.78, 5) is 5.02. The molecule has 1 aliphatic rings. The molecule has 7 heteroatoms. The van der Waals surface area contributed by atoms with Crippen LogP contribution in [0.2, 0.25) is 0 Å². The van der Waals surface area contributed by atoms with Crippen molar-refractivity contribution in [1.29, 1.82) is 0 Å². The molecule has 1 aromatic heterocycles. The topological polar surface area (TPSA) is 58.3 Å². The lowest BCUT2D eigenvalue weighted by Gasteiger charge is -2.24. The third-order valence-corrected chi connectivity index (χ3v) is 11.6. The molecule has 0 aliphatic heterocycles. The first-order valence-corrected chi connectivity index (χ1v) is 18.3. The van der Waals surface area contributed by atoms with E-state index in [1.165, 1.54) is 33.4 Å². The van der Waals surface area contributed by atoms with Crippen LogP contribution in [0.4, 0.5) is 0 Å². The summed E-state index contributed by atoms with van der Waals surface area (Å²) in [6.45, 7) is 4.64. The van der Waals surface area contributed by atoms with E-state index in [1.807, 2.05) is 41.0 Å². The van der Waals surface area contributed by atoms with Gasteiger partial charge < -0.3 is 10.2 Å². The van der Waals surface area contributed by atoms with Gasteiger partial charge in [-0.2, -0.15) is 0 Å². The van der Waals surface area contributed by atoms with Crippen LogP contribution in [0.5, 0.6) is 11.5 Å². The molecular formula is C48H31B3N2O2. The summed E-state index contributed by atoms with van der Waals surface area (Å²) >= 11 is 0. The molecule has 1 aliphatic carbocycles. The lowest BCUT2D eigenvalue weighted by molar-refractivity contribution is 0.410. The van der Waals surface area contributed by atoms with E-state index in [1.54, 1.807) is 0 Å². The minimum atomic E-state index is -0.559. The Morgan fingerprint density at radius 2 is 1.05 bits per heavy atom. The fraction of sp³-hybridized carbons (Fsp3) is 0.0625. The first-order valence-electron chi connectivity index (χ1n) is 18.3. The maximum atomic E-state index is 10.9. The fourth-order valence-corrected chi connectivity index (χ4v) is 8.93. The number of phenolic OH excluding ortho intramolecular Hbond substituents is 2. The zero-order valence-electron chi connectivity index (χ0n) is 30.3. The van der Waals surface area contributed by atoms with Crippen molar-refractivity contribution in [2.75, 3.05) is 0 Å². The second-order valence-corrected chi connectivity index (χ2v) is 14.9. The molecule has 0 atom stereocenters. The quantitative estimate of drug-likeness (QED) is 0.110. The third-order valence-electron chi connectivity index (χ3n) is 11.6. The molecule has 10 rings (SSSR count). The normalized spacial score (nSPS) is 13.1. The van der Waals surface area contributed by atoms with Gasteiger partial charge in [-0.3, -0.25) is 4.57 Å². The Balaban J connectivity index is 1.27. The van der Waals surface area contributed by atoms with Gasteiger partial charge in [0.2, 0.25) is 0 Å². The highest BCUT2D eigenvalue weighted by Gasteiger charge is 2.35. The van der Waals surface area contributed by atoms with E-state index in [0.29, 0.717) is 11.3 Å². The minimum absolute atomic E-state index is 0.0303. The van der Waals surface area contributed by atoms with Crippen molar-refractivity contribution >= 4 is 72.5 Å². The highest BCUT2D eigenvalue weighted by atomic mass is 16.3. The molecule has 0 spiro atoms. The number of phenols is 2. The molecule has 2 N–H and O–H groups in total. The molecule has 55 heavy (non-hydrogen) atoms. The van der Waals surface area contributed by atoms with Gasteiger partial charge in [0, 0.05) is 16.5 Å². The van der Waals surface area contributed by atoms with Crippen molar-refractivity contribution in [3.8, 4) is 62.0 Å². The minimum Gasteiger partial charge on any atom is -0.505 e. The number of aromatic hydroxyl groups is 2. The summed E-state index contributed by atoms with van der Waals surface area (Å²) in [5.74, 6) is -0.714. The van der Waals surface area contributed by atoms with E-state index in [9.17, 15) is 10.2 Å². The Kier molecular flexibility index (Phi) is 7.25. The smallest absolute Gasteiger partial charge is 0.150 e. The summed E-state index contributed by atoms with van der Waals surface area (Å²) in [5.41, 5.74) is 11.8. The molecule has 0 amide bonds. The number of rotatable bonds is 4. The van der Waals surface area contributed by atoms with Crippen LogP contribution < -0.4 is 16.4 Å². The van der Waals surface area contributed by atoms with Gasteiger partial charge >= 0.3 is 0 Å². The van der Waals surface area contributed by atoms with E-state index < -0.39 is 11.5 Å². The van der Waals surface area contributed by atoms with Crippen molar-refractivity contribution in [1.82, 2.24) is 9.55 Å². The van der Waals surface area contributed by atoms with Gasteiger partial charge in [0.25, 0.3) is 0 Å². The van der Waals surface area contributed by atoms with Crippen LogP contribution in [-0.2, 0) is 5.41 Å². The molecule has 1 heterocycles. The van der Waals surface area contributed by atoms with E-state index in [2.05, 4.69) is 117 Å². The van der Waals surface area contributed by atoms with Gasteiger partial charge in [-0.1, -0.05) is 140 Å². The SMILES string of the molecule is [B]c1c([B])c(-c2nc3ccccc3n2-c2ccccc2-c2c3ccccc3c(-c3ccc4c(c3)C(C)(C)c3ccccc3-4)c3ccccc23)c([B])c(O)c1O. The Bertz CT molecular complexity index is 3000. The second kappa shape index (κ2) is 12.0. The monoisotopic (exact) mass is 700 g/mol. The van der Waals surface area contributed by atoms with Crippen molar-refractivity contribution < 1.29 is 10.2 Å². The molecule has 0 fully saturated rings. The van der Waals surface area contributed by atoms with Crippen LogP contribution in [0, 0.1) is 0 Å². The molecule has 0 saturated heterocycles. The van der Waals surface area contributed by atoms with Gasteiger partial charge in [-0.15, -0.1) is 0 Å². The largest absolute Gasteiger partial charge is 0.505 e. The highest BCUT2D eigenvalue weighted by molar-refractivity contribution is 6.55. The average Bonchev–Trinajstić information content (AvgIpc) is 3.70. The van der Waals surface area contributed by atoms with E-state index in [4.69, 9.17) is 28.5 Å². The zero-order chi connectivity index (χ0) is 37.7. The molecule has 8 aromatic carbocycles. The maximum Gasteiger partial charge on any atom is 0.150 e. The van der Waals surface area contributed by atoms with Crippen LogP contribution in [0.15, 0.2) is 140 Å². The molecule has 254 valence electrons. The number of aromatic nitrogens is 2. The Hall–Kier alpha value is -6.46. The molecule has 9 aromatic rings. The molecule has 0 saturated carbocycles. The number of benzene rings is 8. The number of hydrogen-bond donors (Lipinski definition) is 2. The molecule has 6 radical (unpaired) electrons. The molecule has 4 nitrogen and oxygen atoms in total. The summed E-state index contributed by atoms with van der Waals surface area (Å²) in [6.07, 6.45) is 0. The number of nitrogens with zero attached hydrogens (tertiary/aromatic N) is 2. The van der Waals surface area contributed by atoms with Crippen LogP contribution in [0.3, 0.4) is 0 Å². The van der Waals surface area contributed by atoms with Crippen molar-refractivity contribution in [2.45, 2.75) is 19.3 Å². The Morgan fingerprint density at radius 3 is 1.76 bits per heavy atom. The van der Waals surface area contributed by atoms with Crippen molar-refractivity contribution in [3.63, 3.8) is 0 Å². The summed E-state index contributed by atoms with van der Waals surface area (Å²) < 4.78 is 2.01. The Labute approximate surface area is 323 Å². The summed E-state index contributed by atoms with van der Waals surface area (Å²) in [7, 11) is 19.3. The first-order chi connectivity index (χ1) is 26.7. The summed E-state index contributed by atoms with van der Waals surface area (Å²) in [6, 6.07) is 49.0. The third kappa shape index (κ3) is 4.66. The lowest BCUT2D eigenvalue weighted by atomic mass is 9.71. The fourth-order valence-electron chi connectivity index (χ4n) is 8.93. The molecule has 0 bridgehead atoms. The number of para-hydroxylation sites is 3. The van der Waals surface area contributed by atoms with Gasteiger partial charge in [-0.25, -0.2) is 4.98 Å². The van der Waals surface area contributed by atoms with Crippen molar-refractivity contribution in [3.05, 3.63) is 151 Å². The maximum absolute atomic E-state index is 10.9. The van der Waals surface area contributed by atoms with Crippen molar-refractivity contribution in [2.24, 2.45) is 0 Å². The van der Waals surface area contributed by atoms with Gasteiger partial charge in [0.15, 0.2) is 0 Å². The number of hydrogen-bond acceptors (Lipinski definition) is 3. The van der Waals surface area contributed by atoms with Crippen LogP contribution in [0.1, 0.15) is 25.0 Å². The lowest BCUT2D eigenvalue weighted by Crippen LogP contribution is -2.34. The first kappa shape index (κ1) is 33.1. The van der Waals surface area contributed by atoms with E-state index >= 15 is 0 Å². The van der Waals surface area contributed by atoms with Crippen LogP contribution in [0.25, 0.3) is 83.0 Å². The second-order valence-electron chi connectivity index (χ2n) is 14.9.